The normalized spacial score (nSPS) is 11.8. The number of para-hydroxylation sites is 1. The zero-order valence-corrected chi connectivity index (χ0v) is 15.8. The highest BCUT2D eigenvalue weighted by Crippen LogP contribution is 2.14. The summed E-state index contributed by atoms with van der Waals surface area (Å²) in [5.74, 6) is -0.624. The fraction of sp³-hybridized carbons (Fsp3) is 0.227. The first-order valence-electron chi connectivity index (χ1n) is 9.19. The Morgan fingerprint density at radius 2 is 1.86 bits per heavy atom. The van der Waals surface area contributed by atoms with Gasteiger partial charge in [0.1, 0.15) is 11.1 Å². The van der Waals surface area contributed by atoms with Gasteiger partial charge in [-0.2, -0.15) is 0 Å². The van der Waals surface area contributed by atoms with Crippen LogP contribution in [0.2, 0.25) is 0 Å². The number of anilines is 1. The van der Waals surface area contributed by atoms with Gasteiger partial charge in [-0.1, -0.05) is 44.2 Å². The first kappa shape index (κ1) is 19.4. The molecule has 0 saturated heterocycles. The van der Waals surface area contributed by atoms with Crippen LogP contribution < -0.4 is 16.3 Å². The van der Waals surface area contributed by atoms with Crippen molar-refractivity contribution in [3.63, 3.8) is 0 Å². The molecule has 0 fully saturated rings. The van der Waals surface area contributed by atoms with Crippen LogP contribution in [-0.4, -0.2) is 11.8 Å². The molecule has 0 radical (unpaired) electrons. The highest BCUT2D eigenvalue weighted by atomic mass is 16.4. The Morgan fingerprint density at radius 3 is 2.64 bits per heavy atom. The lowest BCUT2D eigenvalue weighted by Gasteiger charge is -2.11. The lowest BCUT2D eigenvalue weighted by atomic mass is 10.1. The topological polar surface area (TPSA) is 88.4 Å². The van der Waals surface area contributed by atoms with Crippen LogP contribution in [0.3, 0.4) is 0 Å². The van der Waals surface area contributed by atoms with Gasteiger partial charge in [0.15, 0.2) is 0 Å². The van der Waals surface area contributed by atoms with Crippen molar-refractivity contribution in [2.45, 2.75) is 26.8 Å². The molecule has 1 aromatic heterocycles. The van der Waals surface area contributed by atoms with Crippen LogP contribution in [0.4, 0.5) is 5.69 Å². The molecule has 2 aromatic carbocycles. The fourth-order valence-electron chi connectivity index (χ4n) is 2.71. The Hall–Kier alpha value is -3.41. The van der Waals surface area contributed by atoms with Crippen LogP contribution in [0.1, 0.15) is 36.2 Å². The molecule has 3 rings (SSSR count). The van der Waals surface area contributed by atoms with E-state index in [1.807, 2.05) is 26.0 Å². The van der Waals surface area contributed by atoms with E-state index in [-0.39, 0.29) is 23.9 Å². The van der Waals surface area contributed by atoms with Gasteiger partial charge in [0.05, 0.1) is 0 Å². The minimum atomic E-state index is -0.675. The van der Waals surface area contributed by atoms with Crippen LogP contribution in [0.15, 0.2) is 63.8 Å². The van der Waals surface area contributed by atoms with Crippen LogP contribution in [-0.2, 0) is 11.3 Å². The number of hydrogen-bond acceptors (Lipinski definition) is 4. The molecule has 0 aliphatic heterocycles. The van der Waals surface area contributed by atoms with Crippen molar-refractivity contribution in [1.82, 2.24) is 5.32 Å². The Morgan fingerprint density at radius 1 is 1.07 bits per heavy atom. The molecule has 6 heteroatoms. The van der Waals surface area contributed by atoms with Crippen molar-refractivity contribution in [2.75, 3.05) is 5.32 Å². The van der Waals surface area contributed by atoms with E-state index in [1.54, 1.807) is 36.4 Å². The van der Waals surface area contributed by atoms with Gasteiger partial charge >= 0.3 is 5.63 Å². The Balaban J connectivity index is 1.70. The van der Waals surface area contributed by atoms with Gasteiger partial charge in [-0.15, -0.1) is 0 Å². The average Bonchev–Trinajstić information content (AvgIpc) is 2.71. The Bertz CT molecular complexity index is 1070. The molecule has 2 N–H and O–H groups in total. The van der Waals surface area contributed by atoms with E-state index in [2.05, 4.69) is 10.6 Å². The van der Waals surface area contributed by atoms with E-state index in [4.69, 9.17) is 4.42 Å². The van der Waals surface area contributed by atoms with Gasteiger partial charge in [0, 0.05) is 23.5 Å². The predicted molar refractivity (Wildman–Crippen MR) is 108 cm³/mol. The number of hydrogen-bond donors (Lipinski definition) is 2. The summed E-state index contributed by atoms with van der Waals surface area (Å²) in [7, 11) is 0. The summed E-state index contributed by atoms with van der Waals surface area (Å²) in [6.45, 7) is 4.05. The van der Waals surface area contributed by atoms with Gasteiger partial charge in [-0.3, -0.25) is 9.59 Å². The molecule has 6 nitrogen and oxygen atoms in total. The lowest BCUT2D eigenvalue weighted by molar-refractivity contribution is -0.119. The molecule has 0 unspecified atom stereocenters. The standard InChI is InChI=1S/C22H22N2O4/c1-3-14(2)20(25)24-17-9-6-7-15(11-17)13-23-21(26)18-12-16-8-4-5-10-19(16)28-22(18)27/h4-12,14H,3,13H2,1-2H3,(H,23,26)(H,24,25)/t14-/m0/s1. The number of nitrogens with one attached hydrogen (secondary N) is 2. The fourth-order valence-corrected chi connectivity index (χ4v) is 2.71. The highest BCUT2D eigenvalue weighted by molar-refractivity contribution is 5.96. The number of rotatable bonds is 6. The number of carbonyl (C=O) groups is 2. The first-order valence-corrected chi connectivity index (χ1v) is 9.19. The van der Waals surface area contributed by atoms with E-state index in [9.17, 15) is 14.4 Å². The highest BCUT2D eigenvalue weighted by Gasteiger charge is 2.14. The quantitative estimate of drug-likeness (QED) is 0.640. The van der Waals surface area contributed by atoms with Crippen molar-refractivity contribution in [2.24, 2.45) is 5.92 Å². The molecule has 1 atom stereocenters. The maximum absolute atomic E-state index is 12.4. The number of fused-ring (bicyclic) bond motifs is 1. The smallest absolute Gasteiger partial charge is 0.349 e. The minimum Gasteiger partial charge on any atom is -0.422 e. The van der Waals surface area contributed by atoms with Gasteiger partial charge in [-0.05, 0) is 36.2 Å². The van der Waals surface area contributed by atoms with Crippen molar-refractivity contribution < 1.29 is 14.0 Å². The molecular formula is C22H22N2O4. The summed E-state index contributed by atoms with van der Waals surface area (Å²) in [6, 6.07) is 15.8. The molecule has 2 amide bonds. The third-order valence-corrected chi connectivity index (χ3v) is 4.59. The summed E-state index contributed by atoms with van der Waals surface area (Å²) >= 11 is 0. The molecule has 0 bridgehead atoms. The van der Waals surface area contributed by atoms with Crippen LogP contribution >= 0.6 is 0 Å². The second-order valence-electron chi connectivity index (χ2n) is 6.67. The number of amides is 2. The van der Waals surface area contributed by atoms with Gasteiger partial charge in [0.25, 0.3) is 5.91 Å². The lowest BCUT2D eigenvalue weighted by Crippen LogP contribution is -2.28. The zero-order chi connectivity index (χ0) is 20.1. The van der Waals surface area contributed by atoms with Crippen molar-refractivity contribution in [1.29, 1.82) is 0 Å². The van der Waals surface area contributed by atoms with E-state index >= 15 is 0 Å². The van der Waals surface area contributed by atoms with E-state index in [0.717, 1.165) is 12.0 Å². The van der Waals surface area contributed by atoms with Gasteiger partial charge in [0.2, 0.25) is 5.91 Å². The third-order valence-electron chi connectivity index (χ3n) is 4.59. The van der Waals surface area contributed by atoms with E-state index in [1.165, 1.54) is 6.07 Å². The SMILES string of the molecule is CC[C@H](C)C(=O)Nc1cccc(CNC(=O)c2cc3ccccc3oc2=O)c1. The molecule has 3 aromatic rings. The van der Waals surface area contributed by atoms with E-state index in [0.29, 0.717) is 16.7 Å². The maximum atomic E-state index is 12.4. The summed E-state index contributed by atoms with van der Waals surface area (Å²) < 4.78 is 5.20. The van der Waals surface area contributed by atoms with Crippen LogP contribution in [0.5, 0.6) is 0 Å². The second-order valence-corrected chi connectivity index (χ2v) is 6.67. The molecule has 0 spiro atoms. The average molecular weight is 378 g/mol. The van der Waals surface area contributed by atoms with Crippen molar-refractivity contribution in [3.05, 3.63) is 76.1 Å². The Kier molecular flexibility index (Phi) is 5.89. The van der Waals surface area contributed by atoms with Gasteiger partial charge in [-0.25, -0.2) is 4.79 Å². The van der Waals surface area contributed by atoms with Gasteiger partial charge < -0.3 is 15.1 Å². The minimum absolute atomic E-state index is 0.0417. The van der Waals surface area contributed by atoms with E-state index < -0.39 is 11.5 Å². The monoisotopic (exact) mass is 378 g/mol. The second kappa shape index (κ2) is 8.52. The molecule has 0 aliphatic carbocycles. The summed E-state index contributed by atoms with van der Waals surface area (Å²) in [6.07, 6.45) is 0.760. The molecule has 144 valence electrons. The summed E-state index contributed by atoms with van der Waals surface area (Å²) in [5, 5.41) is 6.27. The molecular weight excluding hydrogens is 356 g/mol. The molecule has 1 heterocycles. The zero-order valence-electron chi connectivity index (χ0n) is 15.8. The number of benzene rings is 2. The predicted octanol–water partition coefficient (Wildman–Crippen LogP) is 3.71. The van der Waals surface area contributed by atoms with Crippen LogP contribution in [0, 0.1) is 5.92 Å². The number of carbonyl (C=O) groups excluding carboxylic acids is 2. The molecule has 28 heavy (non-hydrogen) atoms. The van der Waals surface area contributed by atoms with Crippen molar-refractivity contribution in [3.8, 4) is 0 Å². The molecule has 0 saturated carbocycles. The Labute approximate surface area is 162 Å². The summed E-state index contributed by atoms with van der Waals surface area (Å²) in [4.78, 5) is 36.5. The largest absolute Gasteiger partial charge is 0.422 e. The summed E-state index contributed by atoms with van der Waals surface area (Å²) in [5.41, 5.74) is 1.20. The van der Waals surface area contributed by atoms with Crippen LogP contribution in [0.25, 0.3) is 11.0 Å². The van der Waals surface area contributed by atoms with Crippen molar-refractivity contribution >= 4 is 28.5 Å². The maximum Gasteiger partial charge on any atom is 0.349 e. The third kappa shape index (κ3) is 4.46. The first-order chi connectivity index (χ1) is 13.5. The molecule has 0 aliphatic rings.